The maximum Gasteiger partial charge on any atom is 0.166 e. The number of halogens is 1. The van der Waals surface area contributed by atoms with Crippen LogP contribution in [0.5, 0.6) is 0 Å². The van der Waals surface area contributed by atoms with E-state index >= 15 is 0 Å². The van der Waals surface area contributed by atoms with Gasteiger partial charge in [-0.25, -0.2) is 0 Å². The average molecular weight is 305 g/mol. The van der Waals surface area contributed by atoms with Crippen LogP contribution in [0.2, 0.25) is 5.02 Å². The Labute approximate surface area is 130 Å². The molecule has 0 saturated heterocycles. The Balaban J connectivity index is 2.22. The van der Waals surface area contributed by atoms with E-state index in [1.165, 1.54) is 0 Å². The lowest BCUT2D eigenvalue weighted by molar-refractivity contribution is 0.0928. The summed E-state index contributed by atoms with van der Waals surface area (Å²) in [6, 6.07) is 9.40. The summed E-state index contributed by atoms with van der Waals surface area (Å²) in [5.74, 6) is 0.0326. The Bertz CT molecular complexity index is 619. The van der Waals surface area contributed by atoms with E-state index in [1.54, 1.807) is 0 Å². The average Bonchev–Trinajstić information content (AvgIpc) is 2.83. The van der Waals surface area contributed by atoms with Gasteiger partial charge in [-0.05, 0) is 13.3 Å². The Hall–Kier alpha value is -1.61. The number of hydrogen-bond donors (Lipinski definition) is 0. The minimum Gasteiger partial charge on any atom is -0.294 e. The number of ketones is 1. The van der Waals surface area contributed by atoms with Crippen molar-refractivity contribution >= 4 is 17.4 Å². The summed E-state index contributed by atoms with van der Waals surface area (Å²) in [5.41, 5.74) is 2.63. The highest BCUT2D eigenvalue weighted by atomic mass is 35.5. The van der Waals surface area contributed by atoms with Gasteiger partial charge in [0, 0.05) is 24.4 Å². The highest BCUT2D eigenvalue weighted by Crippen LogP contribution is 2.25. The number of Topliss-reactive ketones (excluding diaryl/α,β-unsaturated/α-hetero) is 1. The van der Waals surface area contributed by atoms with Gasteiger partial charge in [0.25, 0.3) is 0 Å². The third kappa shape index (κ3) is 3.35. The SMILES string of the molecule is CCc1nn(CC)c(CC(C)C(=O)c2ccccc2)c1Cl. The molecule has 3 nitrogen and oxygen atoms in total. The molecule has 1 heterocycles. The van der Waals surface area contributed by atoms with Crippen molar-refractivity contribution in [2.75, 3.05) is 0 Å². The van der Waals surface area contributed by atoms with Crippen molar-refractivity contribution in [3.8, 4) is 0 Å². The number of hydrogen-bond acceptors (Lipinski definition) is 2. The minimum absolute atomic E-state index is 0.114. The van der Waals surface area contributed by atoms with Crippen LogP contribution in [0.25, 0.3) is 0 Å². The minimum atomic E-state index is -0.114. The molecule has 1 aromatic carbocycles. The fourth-order valence-corrected chi connectivity index (χ4v) is 2.83. The van der Waals surface area contributed by atoms with E-state index in [0.717, 1.165) is 29.9 Å². The second-order valence-electron chi connectivity index (χ2n) is 5.21. The van der Waals surface area contributed by atoms with Crippen LogP contribution in [-0.2, 0) is 19.4 Å². The predicted octanol–water partition coefficient (Wildman–Crippen LogP) is 4.18. The molecule has 2 rings (SSSR count). The van der Waals surface area contributed by atoms with Crippen LogP contribution in [0.15, 0.2) is 30.3 Å². The number of carbonyl (C=O) groups excluding carboxylic acids is 1. The monoisotopic (exact) mass is 304 g/mol. The molecule has 0 amide bonds. The van der Waals surface area contributed by atoms with Crippen LogP contribution < -0.4 is 0 Å². The number of aromatic nitrogens is 2. The third-order valence-electron chi connectivity index (χ3n) is 3.70. The maximum absolute atomic E-state index is 12.5. The fraction of sp³-hybridized carbons (Fsp3) is 0.412. The van der Waals surface area contributed by atoms with Crippen molar-refractivity contribution in [1.82, 2.24) is 9.78 Å². The van der Waals surface area contributed by atoms with E-state index in [-0.39, 0.29) is 11.7 Å². The molecule has 0 N–H and O–H groups in total. The predicted molar refractivity (Wildman–Crippen MR) is 85.9 cm³/mol. The van der Waals surface area contributed by atoms with Crippen LogP contribution in [0.4, 0.5) is 0 Å². The lowest BCUT2D eigenvalue weighted by Gasteiger charge is -2.12. The molecule has 1 atom stereocenters. The van der Waals surface area contributed by atoms with E-state index in [9.17, 15) is 4.79 Å². The smallest absolute Gasteiger partial charge is 0.166 e. The standard InChI is InChI=1S/C17H21ClN2O/c1-4-14-16(18)15(20(5-2)19-14)11-12(3)17(21)13-9-7-6-8-10-13/h6-10,12H,4-5,11H2,1-3H3. The molecule has 21 heavy (non-hydrogen) atoms. The highest BCUT2D eigenvalue weighted by Gasteiger charge is 2.21. The molecule has 0 bridgehead atoms. The van der Waals surface area contributed by atoms with Crippen LogP contribution >= 0.6 is 11.6 Å². The summed E-state index contributed by atoms with van der Waals surface area (Å²) in [7, 11) is 0. The van der Waals surface area contributed by atoms with Crippen molar-refractivity contribution < 1.29 is 4.79 Å². The molecular weight excluding hydrogens is 284 g/mol. The molecule has 1 aromatic heterocycles. The normalized spacial score (nSPS) is 12.4. The van der Waals surface area contributed by atoms with Crippen LogP contribution in [0.1, 0.15) is 42.5 Å². The van der Waals surface area contributed by atoms with Gasteiger partial charge in [-0.2, -0.15) is 5.10 Å². The Morgan fingerprint density at radius 2 is 1.95 bits per heavy atom. The second-order valence-corrected chi connectivity index (χ2v) is 5.59. The zero-order chi connectivity index (χ0) is 15.4. The first kappa shape index (κ1) is 15.8. The van der Waals surface area contributed by atoms with Gasteiger partial charge in [0.15, 0.2) is 5.78 Å². The summed E-state index contributed by atoms with van der Waals surface area (Å²) >= 11 is 6.41. The molecular formula is C17H21ClN2O. The second kappa shape index (κ2) is 6.90. The van der Waals surface area contributed by atoms with Crippen LogP contribution in [0.3, 0.4) is 0 Å². The van der Waals surface area contributed by atoms with E-state index in [2.05, 4.69) is 5.10 Å². The first-order valence-corrected chi connectivity index (χ1v) is 7.79. The van der Waals surface area contributed by atoms with E-state index in [4.69, 9.17) is 11.6 Å². The molecule has 0 radical (unpaired) electrons. The zero-order valence-electron chi connectivity index (χ0n) is 12.8. The molecule has 0 fully saturated rings. The number of carbonyl (C=O) groups is 1. The third-order valence-corrected chi connectivity index (χ3v) is 4.14. The van der Waals surface area contributed by atoms with Crippen molar-refractivity contribution in [3.63, 3.8) is 0 Å². The van der Waals surface area contributed by atoms with E-state index < -0.39 is 0 Å². The molecule has 0 aliphatic rings. The highest BCUT2D eigenvalue weighted by molar-refractivity contribution is 6.31. The summed E-state index contributed by atoms with van der Waals surface area (Å²) in [6.07, 6.45) is 1.42. The van der Waals surface area contributed by atoms with Crippen molar-refractivity contribution in [1.29, 1.82) is 0 Å². The quantitative estimate of drug-likeness (QED) is 0.750. The number of aryl methyl sites for hydroxylation is 2. The largest absolute Gasteiger partial charge is 0.294 e. The molecule has 0 aliphatic carbocycles. The van der Waals surface area contributed by atoms with Crippen molar-refractivity contribution in [2.45, 2.75) is 40.2 Å². The lowest BCUT2D eigenvalue weighted by atomic mass is 9.95. The first-order chi connectivity index (χ1) is 10.1. The van der Waals surface area contributed by atoms with Gasteiger partial charge < -0.3 is 0 Å². The number of nitrogens with zero attached hydrogens (tertiary/aromatic N) is 2. The van der Waals surface area contributed by atoms with Gasteiger partial charge in [-0.15, -0.1) is 0 Å². The van der Waals surface area contributed by atoms with Gasteiger partial charge in [-0.1, -0.05) is 55.8 Å². The molecule has 0 aliphatic heterocycles. The van der Waals surface area contributed by atoms with Gasteiger partial charge in [-0.3, -0.25) is 9.48 Å². The van der Waals surface area contributed by atoms with Gasteiger partial charge in [0.2, 0.25) is 0 Å². The topological polar surface area (TPSA) is 34.9 Å². The zero-order valence-corrected chi connectivity index (χ0v) is 13.5. The molecule has 1 unspecified atom stereocenters. The Kier molecular flexibility index (Phi) is 5.18. The lowest BCUT2D eigenvalue weighted by Crippen LogP contribution is -2.16. The number of benzene rings is 1. The molecule has 112 valence electrons. The molecule has 4 heteroatoms. The number of rotatable bonds is 6. The first-order valence-electron chi connectivity index (χ1n) is 7.41. The summed E-state index contributed by atoms with van der Waals surface area (Å²) in [4.78, 5) is 12.5. The molecule has 2 aromatic rings. The maximum atomic E-state index is 12.5. The Morgan fingerprint density at radius 3 is 2.52 bits per heavy atom. The van der Waals surface area contributed by atoms with E-state index in [1.807, 2.05) is 55.8 Å². The van der Waals surface area contributed by atoms with Gasteiger partial charge in [0.1, 0.15) is 0 Å². The van der Waals surface area contributed by atoms with Crippen LogP contribution in [0, 0.1) is 5.92 Å². The molecule has 0 spiro atoms. The van der Waals surface area contributed by atoms with Gasteiger partial charge >= 0.3 is 0 Å². The van der Waals surface area contributed by atoms with Crippen molar-refractivity contribution in [3.05, 3.63) is 52.3 Å². The summed E-state index contributed by atoms with van der Waals surface area (Å²) in [6.45, 7) is 6.79. The summed E-state index contributed by atoms with van der Waals surface area (Å²) in [5, 5.41) is 5.22. The molecule has 0 saturated carbocycles. The van der Waals surface area contributed by atoms with E-state index in [0.29, 0.717) is 11.4 Å². The van der Waals surface area contributed by atoms with Gasteiger partial charge in [0.05, 0.1) is 16.4 Å². The van der Waals surface area contributed by atoms with Crippen LogP contribution in [-0.4, -0.2) is 15.6 Å². The summed E-state index contributed by atoms with van der Waals surface area (Å²) < 4.78 is 1.91. The Morgan fingerprint density at radius 1 is 1.29 bits per heavy atom. The fourth-order valence-electron chi connectivity index (χ4n) is 2.48. The van der Waals surface area contributed by atoms with Crippen molar-refractivity contribution in [2.24, 2.45) is 5.92 Å².